The third-order valence-corrected chi connectivity index (χ3v) is 7.64. The molecule has 2 aromatic carbocycles. The van der Waals surface area contributed by atoms with Gasteiger partial charge in [-0.1, -0.05) is 61.4 Å². The monoisotopic (exact) mass is 534 g/mol. The minimum absolute atomic E-state index is 0.00798. The molecular formula is C32H42N2O5. The third kappa shape index (κ3) is 9.02. The van der Waals surface area contributed by atoms with E-state index in [9.17, 15) is 9.59 Å². The van der Waals surface area contributed by atoms with Gasteiger partial charge in [-0.25, -0.2) is 0 Å². The summed E-state index contributed by atoms with van der Waals surface area (Å²) in [6.45, 7) is 4.77. The maximum Gasteiger partial charge on any atom is 0.303 e. The second-order valence-corrected chi connectivity index (χ2v) is 10.6. The highest BCUT2D eigenvalue weighted by Gasteiger charge is 2.40. The Kier molecular flexibility index (Phi) is 11.1. The zero-order valence-corrected chi connectivity index (χ0v) is 23.0. The van der Waals surface area contributed by atoms with Crippen molar-refractivity contribution in [2.24, 2.45) is 0 Å². The van der Waals surface area contributed by atoms with E-state index in [2.05, 4.69) is 34.5 Å². The van der Waals surface area contributed by atoms with E-state index in [1.165, 1.54) is 32.6 Å². The smallest absolute Gasteiger partial charge is 0.303 e. The fourth-order valence-electron chi connectivity index (χ4n) is 5.63. The number of anilines is 1. The van der Waals surface area contributed by atoms with Crippen molar-refractivity contribution < 1.29 is 24.2 Å². The van der Waals surface area contributed by atoms with Crippen molar-refractivity contribution >= 4 is 17.6 Å². The Morgan fingerprint density at radius 1 is 0.923 bits per heavy atom. The molecule has 0 spiro atoms. The normalized spacial score (nSPS) is 22.1. The summed E-state index contributed by atoms with van der Waals surface area (Å²) in [6.07, 6.45) is 11.7. The summed E-state index contributed by atoms with van der Waals surface area (Å²) in [6, 6.07) is 16.6. The van der Waals surface area contributed by atoms with Crippen LogP contribution < -0.4 is 5.32 Å². The van der Waals surface area contributed by atoms with Crippen molar-refractivity contribution in [3.8, 4) is 11.1 Å². The zero-order valence-electron chi connectivity index (χ0n) is 23.0. The number of amides is 1. The van der Waals surface area contributed by atoms with Crippen LogP contribution in [0.15, 0.2) is 60.7 Å². The molecule has 1 aliphatic heterocycles. The van der Waals surface area contributed by atoms with Gasteiger partial charge in [0.25, 0.3) is 0 Å². The molecule has 2 N–H and O–H groups in total. The van der Waals surface area contributed by atoms with Crippen molar-refractivity contribution in [1.82, 2.24) is 4.90 Å². The van der Waals surface area contributed by atoms with Crippen LogP contribution in [0, 0.1) is 0 Å². The zero-order chi connectivity index (χ0) is 27.5. The molecule has 1 saturated carbocycles. The fourth-order valence-corrected chi connectivity index (χ4v) is 5.63. The molecule has 1 amide bonds. The summed E-state index contributed by atoms with van der Waals surface area (Å²) >= 11 is 0. The standard InChI is InChI=1S/C32H42N2O5/c1-24(35)33-28-16-14-27(15-17-28)26-12-10-25(11-13-26)23-39-30-19-18-29(34-20-6-2-3-7-21-34)32(30)38-22-8-4-5-9-31(36)37/h4,8,10-17,29-30,32H,2-3,5-7,9,18-23H2,1H3,(H,33,35)(H,36,37)/b8-4-/t29-,30+,32+/m0/s1. The fraction of sp³-hybridized carbons (Fsp3) is 0.500. The van der Waals surface area contributed by atoms with E-state index in [-0.39, 0.29) is 24.5 Å². The highest BCUT2D eigenvalue weighted by atomic mass is 16.5. The van der Waals surface area contributed by atoms with E-state index in [1.54, 1.807) is 0 Å². The molecule has 210 valence electrons. The molecule has 0 bridgehead atoms. The van der Waals surface area contributed by atoms with E-state index in [4.69, 9.17) is 14.6 Å². The van der Waals surface area contributed by atoms with Gasteiger partial charge in [0.15, 0.2) is 0 Å². The third-order valence-electron chi connectivity index (χ3n) is 7.64. The number of aliphatic carboxylic acids is 1. The summed E-state index contributed by atoms with van der Waals surface area (Å²) < 4.78 is 12.9. The number of nitrogens with zero attached hydrogens (tertiary/aromatic N) is 1. The largest absolute Gasteiger partial charge is 0.481 e. The maximum absolute atomic E-state index is 11.3. The molecule has 1 aliphatic carbocycles. The predicted molar refractivity (Wildman–Crippen MR) is 154 cm³/mol. The van der Waals surface area contributed by atoms with Gasteiger partial charge in [0.05, 0.1) is 25.4 Å². The highest BCUT2D eigenvalue weighted by Crippen LogP contribution is 2.32. The first-order chi connectivity index (χ1) is 19.0. The average molecular weight is 535 g/mol. The molecule has 39 heavy (non-hydrogen) atoms. The number of hydrogen-bond donors (Lipinski definition) is 2. The van der Waals surface area contributed by atoms with Crippen LogP contribution in [0.25, 0.3) is 11.1 Å². The number of carboxylic acid groups (broad SMARTS) is 1. The number of carboxylic acids is 1. The van der Waals surface area contributed by atoms with Crippen LogP contribution in [0.1, 0.15) is 63.9 Å². The van der Waals surface area contributed by atoms with Crippen LogP contribution in [0.4, 0.5) is 5.69 Å². The van der Waals surface area contributed by atoms with Crippen molar-refractivity contribution in [2.45, 2.75) is 83.1 Å². The Morgan fingerprint density at radius 2 is 1.59 bits per heavy atom. The number of likely N-dealkylation sites (tertiary alicyclic amines) is 1. The lowest BCUT2D eigenvalue weighted by Gasteiger charge is -2.33. The number of carbonyl (C=O) groups excluding carboxylic acids is 1. The Morgan fingerprint density at radius 3 is 2.23 bits per heavy atom. The summed E-state index contributed by atoms with van der Waals surface area (Å²) in [4.78, 5) is 24.6. The first-order valence-electron chi connectivity index (χ1n) is 14.3. The lowest BCUT2D eigenvalue weighted by Crippen LogP contribution is -2.45. The van der Waals surface area contributed by atoms with Crippen LogP contribution in [0.3, 0.4) is 0 Å². The molecular weight excluding hydrogens is 492 g/mol. The van der Waals surface area contributed by atoms with Crippen molar-refractivity contribution in [2.75, 3.05) is 25.0 Å². The van der Waals surface area contributed by atoms with Crippen LogP contribution in [0.5, 0.6) is 0 Å². The molecule has 4 rings (SSSR count). The molecule has 7 nitrogen and oxygen atoms in total. The van der Waals surface area contributed by atoms with Gasteiger partial charge in [0.2, 0.25) is 5.91 Å². The van der Waals surface area contributed by atoms with Crippen molar-refractivity contribution in [1.29, 1.82) is 0 Å². The molecule has 1 heterocycles. The van der Waals surface area contributed by atoms with Gasteiger partial charge >= 0.3 is 5.97 Å². The summed E-state index contributed by atoms with van der Waals surface area (Å²) in [5.41, 5.74) is 4.13. The number of allylic oxidation sites excluding steroid dienone is 1. The molecule has 1 saturated heterocycles. The predicted octanol–water partition coefficient (Wildman–Crippen LogP) is 6.04. The molecule has 2 aromatic rings. The minimum atomic E-state index is -0.779. The molecule has 3 atom stereocenters. The molecule has 0 unspecified atom stereocenters. The lowest BCUT2D eigenvalue weighted by molar-refractivity contribution is -0.136. The van der Waals surface area contributed by atoms with E-state index in [1.807, 2.05) is 36.4 Å². The van der Waals surface area contributed by atoms with Gasteiger partial charge < -0.3 is 19.9 Å². The number of hydrogen-bond acceptors (Lipinski definition) is 5. The quantitative estimate of drug-likeness (QED) is 0.323. The maximum atomic E-state index is 11.3. The van der Waals surface area contributed by atoms with Gasteiger partial charge in [-0.15, -0.1) is 0 Å². The SMILES string of the molecule is CC(=O)Nc1ccc(-c2ccc(CO[C@@H]3CC[C@H](N4CCCCCC4)[C@H]3OC/C=C\CCC(=O)O)cc2)cc1. The van der Waals surface area contributed by atoms with E-state index >= 15 is 0 Å². The van der Waals surface area contributed by atoms with Gasteiger partial charge in [0.1, 0.15) is 0 Å². The van der Waals surface area contributed by atoms with Gasteiger partial charge in [-0.3, -0.25) is 14.5 Å². The summed E-state index contributed by atoms with van der Waals surface area (Å²) in [7, 11) is 0. The molecule has 2 aliphatic rings. The Labute approximate surface area is 232 Å². The van der Waals surface area contributed by atoms with Crippen LogP contribution in [-0.2, 0) is 25.7 Å². The van der Waals surface area contributed by atoms with E-state index in [0.717, 1.165) is 48.3 Å². The number of nitrogens with one attached hydrogen (secondary N) is 1. The van der Waals surface area contributed by atoms with E-state index < -0.39 is 5.97 Å². The van der Waals surface area contributed by atoms with Gasteiger partial charge in [-0.2, -0.15) is 0 Å². The topological polar surface area (TPSA) is 88.1 Å². The lowest BCUT2D eigenvalue weighted by atomic mass is 10.0. The second kappa shape index (κ2) is 15.0. The van der Waals surface area contributed by atoms with E-state index in [0.29, 0.717) is 25.7 Å². The first-order valence-corrected chi connectivity index (χ1v) is 14.3. The first kappa shape index (κ1) is 29.0. The number of ether oxygens (including phenoxy) is 2. The molecule has 2 fully saturated rings. The van der Waals surface area contributed by atoms with Crippen molar-refractivity contribution in [3.05, 3.63) is 66.2 Å². The number of carbonyl (C=O) groups is 2. The van der Waals surface area contributed by atoms with Gasteiger partial charge in [0, 0.05) is 25.1 Å². The summed E-state index contributed by atoms with van der Waals surface area (Å²) in [5, 5.41) is 11.6. The Balaban J connectivity index is 1.34. The average Bonchev–Trinajstić information content (AvgIpc) is 3.12. The molecule has 7 heteroatoms. The second-order valence-electron chi connectivity index (χ2n) is 10.6. The molecule has 0 aromatic heterocycles. The minimum Gasteiger partial charge on any atom is -0.481 e. The number of rotatable bonds is 12. The Hall–Kier alpha value is -3.00. The summed E-state index contributed by atoms with van der Waals surface area (Å²) in [5.74, 6) is -0.856. The highest BCUT2D eigenvalue weighted by molar-refractivity contribution is 5.89. The van der Waals surface area contributed by atoms with Crippen molar-refractivity contribution in [3.63, 3.8) is 0 Å². The Bertz CT molecular complexity index is 1070. The number of benzene rings is 2. The van der Waals surface area contributed by atoms with Crippen LogP contribution in [-0.4, -0.2) is 59.8 Å². The molecule has 0 radical (unpaired) electrons. The van der Waals surface area contributed by atoms with Gasteiger partial charge in [-0.05, 0) is 74.0 Å². The van der Waals surface area contributed by atoms with Crippen LogP contribution >= 0.6 is 0 Å². The van der Waals surface area contributed by atoms with Crippen LogP contribution in [0.2, 0.25) is 0 Å².